The standard InChI is InChI=1S/C10H21ClN2/c1-6-9(4)12-13-10(5,11)7-8(2)3/h8-9H,6-7H2,1-5H3. The zero-order chi connectivity index (χ0) is 10.5. The van der Waals surface area contributed by atoms with Crippen LogP contribution in [0.2, 0.25) is 0 Å². The first kappa shape index (κ1) is 12.9. The SMILES string of the molecule is CCC(C)N=NC(C)(Cl)CC(C)C. The minimum Gasteiger partial charge on any atom is -0.189 e. The Morgan fingerprint density at radius 3 is 2.23 bits per heavy atom. The minimum absolute atomic E-state index is 0.283. The van der Waals surface area contributed by atoms with Crippen LogP contribution in [-0.4, -0.2) is 11.0 Å². The number of halogens is 1. The third-order valence-electron chi connectivity index (χ3n) is 1.83. The second-order valence-corrected chi connectivity index (χ2v) is 5.03. The summed E-state index contributed by atoms with van der Waals surface area (Å²) in [6.45, 7) is 10.3. The minimum atomic E-state index is -0.516. The molecule has 2 unspecified atom stereocenters. The number of alkyl halides is 1. The summed E-state index contributed by atoms with van der Waals surface area (Å²) >= 11 is 6.17. The summed E-state index contributed by atoms with van der Waals surface area (Å²) in [5.74, 6) is 0.554. The Kier molecular flexibility index (Phi) is 5.54. The predicted octanol–water partition coefficient (Wildman–Crippen LogP) is 4.24. The lowest BCUT2D eigenvalue weighted by Crippen LogP contribution is -2.16. The van der Waals surface area contributed by atoms with Crippen LogP contribution in [0.15, 0.2) is 10.2 Å². The average molecular weight is 205 g/mol. The largest absolute Gasteiger partial charge is 0.189 e. The van der Waals surface area contributed by atoms with Crippen LogP contribution in [0.5, 0.6) is 0 Å². The topological polar surface area (TPSA) is 24.7 Å². The highest BCUT2D eigenvalue weighted by Crippen LogP contribution is 2.26. The molecule has 0 aliphatic carbocycles. The number of hydrogen-bond acceptors (Lipinski definition) is 2. The van der Waals surface area contributed by atoms with E-state index in [1.54, 1.807) is 0 Å². The lowest BCUT2D eigenvalue weighted by molar-refractivity contribution is 0.454. The Morgan fingerprint density at radius 2 is 1.85 bits per heavy atom. The Morgan fingerprint density at radius 1 is 1.31 bits per heavy atom. The van der Waals surface area contributed by atoms with Gasteiger partial charge in [-0.25, -0.2) is 0 Å². The van der Waals surface area contributed by atoms with Gasteiger partial charge in [-0.15, -0.1) is 0 Å². The first-order valence-electron chi connectivity index (χ1n) is 4.98. The van der Waals surface area contributed by atoms with E-state index < -0.39 is 5.00 Å². The summed E-state index contributed by atoms with van der Waals surface area (Å²) in [6.07, 6.45) is 1.88. The van der Waals surface area contributed by atoms with Crippen molar-refractivity contribution in [3.63, 3.8) is 0 Å². The molecule has 0 radical (unpaired) electrons. The first-order valence-corrected chi connectivity index (χ1v) is 5.36. The Labute approximate surface area is 86.8 Å². The molecule has 0 saturated carbocycles. The van der Waals surface area contributed by atoms with Crippen LogP contribution in [0.4, 0.5) is 0 Å². The molecule has 78 valence electrons. The number of rotatable bonds is 5. The monoisotopic (exact) mass is 204 g/mol. The zero-order valence-corrected chi connectivity index (χ0v) is 10.1. The highest BCUT2D eigenvalue weighted by atomic mass is 35.5. The first-order chi connectivity index (χ1) is 5.87. The van der Waals surface area contributed by atoms with Crippen LogP contribution in [0.3, 0.4) is 0 Å². The van der Waals surface area contributed by atoms with Gasteiger partial charge in [0.1, 0.15) is 0 Å². The highest BCUT2D eigenvalue weighted by molar-refractivity contribution is 6.23. The molecule has 0 saturated heterocycles. The molecule has 0 spiro atoms. The molecule has 0 fully saturated rings. The lowest BCUT2D eigenvalue weighted by atomic mass is 10.1. The molecule has 0 aromatic heterocycles. The van der Waals surface area contributed by atoms with E-state index in [1.165, 1.54) is 0 Å². The molecule has 0 aliphatic rings. The van der Waals surface area contributed by atoms with E-state index in [-0.39, 0.29) is 6.04 Å². The third-order valence-corrected chi connectivity index (χ3v) is 2.06. The van der Waals surface area contributed by atoms with Gasteiger partial charge >= 0.3 is 0 Å². The molecule has 0 N–H and O–H groups in total. The molecule has 13 heavy (non-hydrogen) atoms. The van der Waals surface area contributed by atoms with Gasteiger partial charge in [0, 0.05) is 0 Å². The molecule has 0 aromatic rings. The molecule has 0 bridgehead atoms. The van der Waals surface area contributed by atoms with Crippen LogP contribution >= 0.6 is 11.6 Å². The van der Waals surface area contributed by atoms with Gasteiger partial charge in [-0.05, 0) is 32.6 Å². The molecule has 3 heteroatoms. The van der Waals surface area contributed by atoms with E-state index >= 15 is 0 Å². The molecular weight excluding hydrogens is 184 g/mol. The van der Waals surface area contributed by atoms with Gasteiger partial charge in [-0.3, -0.25) is 0 Å². The molecule has 0 amide bonds. The number of hydrogen-bond donors (Lipinski definition) is 0. The maximum atomic E-state index is 6.17. The number of nitrogens with zero attached hydrogens (tertiary/aromatic N) is 2. The fraction of sp³-hybridized carbons (Fsp3) is 1.00. The molecule has 0 rings (SSSR count). The van der Waals surface area contributed by atoms with Gasteiger partial charge in [0.2, 0.25) is 0 Å². The summed E-state index contributed by atoms with van der Waals surface area (Å²) in [5.41, 5.74) is 0. The second-order valence-electron chi connectivity index (χ2n) is 4.21. The van der Waals surface area contributed by atoms with Crippen molar-refractivity contribution in [3.05, 3.63) is 0 Å². The van der Waals surface area contributed by atoms with E-state index in [1.807, 2.05) is 13.8 Å². The molecule has 0 aromatic carbocycles. The van der Waals surface area contributed by atoms with Crippen molar-refractivity contribution in [2.24, 2.45) is 16.1 Å². The molecular formula is C10H21ClN2. The van der Waals surface area contributed by atoms with Gasteiger partial charge in [-0.1, -0.05) is 32.4 Å². The maximum absolute atomic E-state index is 6.17. The van der Waals surface area contributed by atoms with Crippen molar-refractivity contribution >= 4 is 11.6 Å². The third kappa shape index (κ3) is 7.00. The molecule has 0 aliphatic heterocycles. The van der Waals surface area contributed by atoms with Crippen molar-refractivity contribution in [2.75, 3.05) is 0 Å². The van der Waals surface area contributed by atoms with E-state index in [2.05, 4.69) is 31.0 Å². The van der Waals surface area contributed by atoms with E-state index in [9.17, 15) is 0 Å². The van der Waals surface area contributed by atoms with Crippen molar-refractivity contribution in [2.45, 2.75) is 58.5 Å². The predicted molar refractivity (Wildman–Crippen MR) is 58.3 cm³/mol. The fourth-order valence-corrected chi connectivity index (χ4v) is 1.44. The quantitative estimate of drug-likeness (QED) is 0.364. The summed E-state index contributed by atoms with van der Waals surface area (Å²) in [6, 6.07) is 0.283. The molecule has 2 atom stereocenters. The van der Waals surface area contributed by atoms with E-state index in [0.717, 1.165) is 12.8 Å². The smallest absolute Gasteiger partial charge is 0.152 e. The van der Waals surface area contributed by atoms with Crippen molar-refractivity contribution in [1.82, 2.24) is 0 Å². The average Bonchev–Trinajstić information content (AvgIpc) is 1.98. The highest BCUT2D eigenvalue weighted by Gasteiger charge is 2.21. The number of azo groups is 1. The lowest BCUT2D eigenvalue weighted by Gasteiger charge is -2.18. The van der Waals surface area contributed by atoms with Crippen molar-refractivity contribution in [1.29, 1.82) is 0 Å². The summed E-state index contributed by atoms with van der Waals surface area (Å²) < 4.78 is 0. The fourth-order valence-electron chi connectivity index (χ4n) is 1.09. The summed E-state index contributed by atoms with van der Waals surface area (Å²) in [7, 11) is 0. The molecule has 2 nitrogen and oxygen atoms in total. The molecule has 0 heterocycles. The van der Waals surface area contributed by atoms with Crippen LogP contribution < -0.4 is 0 Å². The van der Waals surface area contributed by atoms with Gasteiger partial charge in [0.05, 0.1) is 6.04 Å². The Bertz CT molecular complexity index is 164. The van der Waals surface area contributed by atoms with Crippen molar-refractivity contribution < 1.29 is 0 Å². The van der Waals surface area contributed by atoms with Gasteiger partial charge in [-0.2, -0.15) is 10.2 Å². The Balaban J connectivity index is 4.07. The maximum Gasteiger partial charge on any atom is 0.152 e. The van der Waals surface area contributed by atoms with E-state index in [0.29, 0.717) is 5.92 Å². The van der Waals surface area contributed by atoms with E-state index in [4.69, 9.17) is 11.6 Å². The van der Waals surface area contributed by atoms with Gasteiger partial charge < -0.3 is 0 Å². The second kappa shape index (κ2) is 5.58. The van der Waals surface area contributed by atoms with Crippen molar-refractivity contribution in [3.8, 4) is 0 Å². The van der Waals surface area contributed by atoms with Crippen LogP contribution in [0.1, 0.15) is 47.5 Å². The summed E-state index contributed by atoms with van der Waals surface area (Å²) in [4.78, 5) is -0.516. The summed E-state index contributed by atoms with van der Waals surface area (Å²) in [5, 5.41) is 8.32. The van der Waals surface area contributed by atoms with Crippen LogP contribution in [0, 0.1) is 5.92 Å². The van der Waals surface area contributed by atoms with Gasteiger partial charge in [0.25, 0.3) is 0 Å². The Hall–Kier alpha value is -0.110. The zero-order valence-electron chi connectivity index (χ0n) is 9.34. The van der Waals surface area contributed by atoms with Crippen LogP contribution in [-0.2, 0) is 0 Å². The van der Waals surface area contributed by atoms with Crippen LogP contribution in [0.25, 0.3) is 0 Å². The normalized spacial score (nSPS) is 19.3. The van der Waals surface area contributed by atoms with Gasteiger partial charge in [0.15, 0.2) is 5.00 Å².